The molecule has 6 heteroatoms. The van der Waals surface area contributed by atoms with E-state index in [0.29, 0.717) is 17.7 Å². The van der Waals surface area contributed by atoms with Gasteiger partial charge in [0.2, 0.25) is 5.95 Å². The van der Waals surface area contributed by atoms with Gasteiger partial charge in [-0.15, -0.1) is 0 Å². The Labute approximate surface area is 142 Å². The van der Waals surface area contributed by atoms with E-state index in [9.17, 15) is 0 Å². The number of hydrogen-bond acceptors (Lipinski definition) is 6. The molecule has 2 N–H and O–H groups in total. The van der Waals surface area contributed by atoms with Crippen LogP contribution in [0.25, 0.3) is 0 Å². The van der Waals surface area contributed by atoms with Crippen LogP contribution in [0.3, 0.4) is 0 Å². The van der Waals surface area contributed by atoms with E-state index in [1.54, 1.807) is 20.4 Å². The third kappa shape index (κ3) is 4.07. The summed E-state index contributed by atoms with van der Waals surface area (Å²) in [6, 6.07) is 7.98. The molecule has 1 heterocycles. The minimum atomic E-state index is 0.507. The third-order valence-electron chi connectivity index (χ3n) is 4.27. The second-order valence-corrected chi connectivity index (χ2v) is 5.94. The average molecular weight is 328 g/mol. The number of aromatic nitrogens is 2. The van der Waals surface area contributed by atoms with Gasteiger partial charge in [0.15, 0.2) is 0 Å². The average Bonchev–Trinajstić information content (AvgIpc) is 2.63. The lowest BCUT2D eigenvalue weighted by molar-refractivity contribution is 0.405. The lowest BCUT2D eigenvalue weighted by atomic mass is 9.95. The minimum absolute atomic E-state index is 0.507. The number of nitrogens with zero attached hydrogens (tertiary/aromatic N) is 2. The third-order valence-corrected chi connectivity index (χ3v) is 4.27. The van der Waals surface area contributed by atoms with Crippen LogP contribution < -0.4 is 20.1 Å². The molecule has 24 heavy (non-hydrogen) atoms. The second kappa shape index (κ2) is 7.86. The van der Waals surface area contributed by atoms with E-state index in [4.69, 9.17) is 9.47 Å². The highest BCUT2D eigenvalue weighted by Gasteiger charge is 2.14. The molecule has 1 aliphatic rings. The molecule has 0 bridgehead atoms. The normalized spacial score (nSPS) is 14.9. The molecule has 1 aliphatic carbocycles. The van der Waals surface area contributed by atoms with Gasteiger partial charge in [-0.05, 0) is 31.0 Å². The van der Waals surface area contributed by atoms with E-state index < -0.39 is 0 Å². The van der Waals surface area contributed by atoms with Crippen molar-refractivity contribution < 1.29 is 9.47 Å². The first-order chi connectivity index (χ1) is 11.8. The summed E-state index contributed by atoms with van der Waals surface area (Å²) >= 11 is 0. The number of ether oxygens (including phenoxy) is 2. The van der Waals surface area contributed by atoms with E-state index >= 15 is 0 Å². The summed E-state index contributed by atoms with van der Waals surface area (Å²) in [5.74, 6) is 2.84. The molecule has 0 amide bonds. The van der Waals surface area contributed by atoms with E-state index in [2.05, 4.69) is 20.6 Å². The Morgan fingerprint density at radius 2 is 1.88 bits per heavy atom. The number of nitrogens with one attached hydrogen (secondary N) is 2. The van der Waals surface area contributed by atoms with Crippen LogP contribution in [-0.2, 0) is 0 Å². The summed E-state index contributed by atoms with van der Waals surface area (Å²) in [6.45, 7) is 0. The fraction of sp³-hybridized carbons (Fsp3) is 0.444. The van der Waals surface area contributed by atoms with Gasteiger partial charge in [-0.1, -0.05) is 19.3 Å². The summed E-state index contributed by atoms with van der Waals surface area (Å²) < 4.78 is 10.6. The molecule has 0 spiro atoms. The highest BCUT2D eigenvalue weighted by molar-refractivity contribution is 5.65. The molecule has 0 atom stereocenters. The first-order valence-electron chi connectivity index (χ1n) is 8.37. The fourth-order valence-corrected chi connectivity index (χ4v) is 2.99. The Morgan fingerprint density at radius 3 is 2.62 bits per heavy atom. The standard InChI is InChI=1S/C18H24N4O2/c1-23-14-8-9-16(24-2)15(12-14)21-18-19-11-10-17(22-18)20-13-6-4-3-5-7-13/h8-13H,3-7H2,1-2H3,(H2,19,20,21,22). The maximum atomic E-state index is 5.38. The van der Waals surface area contributed by atoms with Crippen molar-refractivity contribution in [2.75, 3.05) is 24.9 Å². The number of rotatable bonds is 6. The van der Waals surface area contributed by atoms with Crippen molar-refractivity contribution in [3.63, 3.8) is 0 Å². The topological polar surface area (TPSA) is 68.3 Å². The predicted octanol–water partition coefficient (Wildman–Crippen LogP) is 3.98. The first kappa shape index (κ1) is 16.4. The smallest absolute Gasteiger partial charge is 0.229 e. The summed E-state index contributed by atoms with van der Waals surface area (Å²) in [6.07, 6.45) is 8.08. The van der Waals surface area contributed by atoms with Gasteiger partial charge in [0.05, 0.1) is 19.9 Å². The number of methoxy groups -OCH3 is 2. The van der Waals surface area contributed by atoms with Crippen LogP contribution in [0.5, 0.6) is 11.5 Å². The van der Waals surface area contributed by atoms with E-state index in [-0.39, 0.29) is 0 Å². The van der Waals surface area contributed by atoms with Gasteiger partial charge in [0.25, 0.3) is 0 Å². The quantitative estimate of drug-likeness (QED) is 0.836. The summed E-state index contributed by atoms with van der Waals surface area (Å²) in [4.78, 5) is 8.86. The molecular weight excluding hydrogens is 304 g/mol. The van der Waals surface area contributed by atoms with Crippen molar-refractivity contribution in [2.24, 2.45) is 0 Å². The molecule has 1 saturated carbocycles. The molecule has 1 fully saturated rings. The van der Waals surface area contributed by atoms with Crippen molar-refractivity contribution in [1.82, 2.24) is 9.97 Å². The highest BCUT2D eigenvalue weighted by atomic mass is 16.5. The lowest BCUT2D eigenvalue weighted by Gasteiger charge is -2.23. The van der Waals surface area contributed by atoms with Gasteiger partial charge in [0.1, 0.15) is 17.3 Å². The molecule has 0 unspecified atom stereocenters. The molecule has 128 valence electrons. The van der Waals surface area contributed by atoms with Crippen molar-refractivity contribution in [3.05, 3.63) is 30.5 Å². The molecular formula is C18H24N4O2. The number of anilines is 3. The van der Waals surface area contributed by atoms with Crippen LogP contribution in [0.15, 0.2) is 30.5 Å². The van der Waals surface area contributed by atoms with Crippen molar-refractivity contribution in [3.8, 4) is 11.5 Å². The summed E-state index contributed by atoms with van der Waals surface area (Å²) in [5.41, 5.74) is 0.770. The summed E-state index contributed by atoms with van der Waals surface area (Å²) in [7, 11) is 3.27. The van der Waals surface area contributed by atoms with Crippen molar-refractivity contribution >= 4 is 17.5 Å². The van der Waals surface area contributed by atoms with Crippen LogP contribution >= 0.6 is 0 Å². The number of benzene rings is 1. The van der Waals surface area contributed by atoms with Gasteiger partial charge >= 0.3 is 0 Å². The Balaban J connectivity index is 1.74. The van der Waals surface area contributed by atoms with Crippen LogP contribution in [0.2, 0.25) is 0 Å². The largest absolute Gasteiger partial charge is 0.497 e. The van der Waals surface area contributed by atoms with Crippen LogP contribution in [0, 0.1) is 0 Å². The first-order valence-corrected chi connectivity index (χ1v) is 8.37. The van der Waals surface area contributed by atoms with Gasteiger partial charge in [-0.25, -0.2) is 4.98 Å². The van der Waals surface area contributed by atoms with Crippen LogP contribution in [-0.4, -0.2) is 30.2 Å². The fourth-order valence-electron chi connectivity index (χ4n) is 2.99. The van der Waals surface area contributed by atoms with Gasteiger partial charge in [-0.3, -0.25) is 0 Å². The minimum Gasteiger partial charge on any atom is -0.497 e. The monoisotopic (exact) mass is 328 g/mol. The SMILES string of the molecule is COc1ccc(OC)c(Nc2nccc(NC3CCCCC3)n2)c1. The molecule has 6 nitrogen and oxygen atoms in total. The van der Waals surface area contributed by atoms with Crippen molar-refractivity contribution in [2.45, 2.75) is 38.1 Å². The molecule has 0 aliphatic heterocycles. The second-order valence-electron chi connectivity index (χ2n) is 5.94. The predicted molar refractivity (Wildman–Crippen MR) is 95.4 cm³/mol. The Bertz CT molecular complexity index is 672. The Morgan fingerprint density at radius 1 is 1.04 bits per heavy atom. The van der Waals surface area contributed by atoms with Crippen LogP contribution in [0.4, 0.5) is 17.5 Å². The Kier molecular flexibility index (Phi) is 5.36. The zero-order chi connectivity index (χ0) is 16.8. The molecule has 2 aromatic rings. The lowest BCUT2D eigenvalue weighted by Crippen LogP contribution is -2.22. The van der Waals surface area contributed by atoms with Gasteiger partial charge in [-0.2, -0.15) is 4.98 Å². The molecule has 1 aromatic carbocycles. The molecule has 3 rings (SSSR count). The maximum absolute atomic E-state index is 5.38. The van der Waals surface area contributed by atoms with Crippen LogP contribution in [0.1, 0.15) is 32.1 Å². The molecule has 0 radical (unpaired) electrons. The Hall–Kier alpha value is -2.50. The van der Waals surface area contributed by atoms with Gasteiger partial charge in [0, 0.05) is 18.3 Å². The van der Waals surface area contributed by atoms with E-state index in [0.717, 1.165) is 17.3 Å². The molecule has 1 aromatic heterocycles. The van der Waals surface area contributed by atoms with Crippen molar-refractivity contribution in [1.29, 1.82) is 0 Å². The number of hydrogen-bond donors (Lipinski definition) is 2. The summed E-state index contributed by atoms with van der Waals surface area (Å²) in [5, 5.41) is 6.72. The van der Waals surface area contributed by atoms with E-state index in [1.807, 2.05) is 24.3 Å². The molecule has 0 saturated heterocycles. The highest BCUT2D eigenvalue weighted by Crippen LogP contribution is 2.31. The zero-order valence-corrected chi connectivity index (χ0v) is 14.2. The zero-order valence-electron chi connectivity index (χ0n) is 14.2. The van der Waals surface area contributed by atoms with E-state index in [1.165, 1.54) is 32.1 Å². The maximum Gasteiger partial charge on any atom is 0.229 e. The van der Waals surface area contributed by atoms with Gasteiger partial charge < -0.3 is 20.1 Å².